The smallest absolute Gasteiger partial charge is 0.00246 e. The molecule has 0 aliphatic carbocycles. The minimum atomic E-state index is 1.04. The molecule has 0 aliphatic rings. The van der Waals surface area contributed by atoms with Crippen LogP contribution < -0.4 is 0 Å². The minimum Gasteiger partial charge on any atom is -0.280 e. The highest BCUT2D eigenvalue weighted by Crippen LogP contribution is 1.92. The number of unbranched alkanes of at least 4 members (excludes halogenated alkanes) is 2. The fourth-order valence-corrected chi connectivity index (χ4v) is 0.748. The summed E-state index contributed by atoms with van der Waals surface area (Å²) in [5, 5.41) is 0. The maximum Gasteiger partial charge on any atom is 0.00246 e. The van der Waals surface area contributed by atoms with Gasteiger partial charge in [0.15, 0.2) is 0 Å². The topological polar surface area (TPSA) is 24.7 Å². The van der Waals surface area contributed by atoms with Crippen LogP contribution in [0.25, 0.3) is 0 Å². The summed E-state index contributed by atoms with van der Waals surface area (Å²) in [5.74, 6) is 0. The second kappa shape index (κ2) is 8.20. The third-order valence-electron chi connectivity index (χ3n) is 0.877. The molecule has 52 valence electrons. The lowest BCUT2D eigenvalue weighted by molar-refractivity contribution is 0.947. The highest BCUT2D eigenvalue weighted by molar-refractivity contribution is 7.15. The van der Waals surface area contributed by atoms with Gasteiger partial charge in [-0.2, -0.15) is 0 Å². The van der Waals surface area contributed by atoms with Crippen molar-refractivity contribution in [3.05, 3.63) is 0 Å². The Kier molecular flexibility index (Phi) is 8.38. The Labute approximate surface area is 60.8 Å². The van der Waals surface area contributed by atoms with Crippen molar-refractivity contribution in [1.82, 2.24) is 0 Å². The fourth-order valence-electron chi connectivity index (χ4n) is 0.449. The summed E-state index contributed by atoms with van der Waals surface area (Å²) < 4.78 is 7.55. The van der Waals surface area contributed by atoms with E-state index in [9.17, 15) is 0 Å². The molecule has 0 bridgehead atoms. The van der Waals surface area contributed by atoms with Gasteiger partial charge in [-0.05, 0) is 38.0 Å². The Morgan fingerprint density at radius 3 is 1.78 bits per heavy atom. The zero-order valence-corrected chi connectivity index (χ0v) is 7.63. The lowest BCUT2D eigenvalue weighted by Gasteiger charge is -1.85. The molecule has 2 atom stereocenters. The van der Waals surface area contributed by atoms with Crippen molar-refractivity contribution < 1.29 is 0 Å². The molecule has 0 rings (SSSR count). The molecular formula is C5H12N2P2. The highest BCUT2D eigenvalue weighted by atomic mass is 31.0. The van der Waals surface area contributed by atoms with Crippen molar-refractivity contribution in [2.45, 2.75) is 19.3 Å². The van der Waals surface area contributed by atoms with Gasteiger partial charge in [0.2, 0.25) is 0 Å². The molecule has 0 radical (unpaired) electrons. The number of nitrogens with zero attached hydrogens (tertiary/aromatic N) is 2. The van der Waals surface area contributed by atoms with Crippen molar-refractivity contribution in [1.29, 1.82) is 0 Å². The van der Waals surface area contributed by atoms with Gasteiger partial charge >= 0.3 is 0 Å². The third-order valence-corrected chi connectivity index (χ3v) is 1.30. The molecule has 0 heterocycles. The molecule has 0 saturated carbocycles. The van der Waals surface area contributed by atoms with Gasteiger partial charge in [0, 0.05) is 12.4 Å². The van der Waals surface area contributed by atoms with Crippen molar-refractivity contribution in [2.24, 2.45) is 9.53 Å². The van der Waals surface area contributed by atoms with Gasteiger partial charge in [0.25, 0.3) is 0 Å². The van der Waals surface area contributed by atoms with E-state index in [2.05, 4.69) is 28.3 Å². The second-order valence-electron chi connectivity index (χ2n) is 1.59. The molecule has 0 aromatic carbocycles. The van der Waals surface area contributed by atoms with Crippen molar-refractivity contribution in [3.8, 4) is 0 Å². The van der Waals surface area contributed by atoms with E-state index in [0.717, 1.165) is 19.3 Å². The van der Waals surface area contributed by atoms with Crippen LogP contribution >= 0.6 is 18.8 Å². The van der Waals surface area contributed by atoms with Crippen molar-refractivity contribution in [3.63, 3.8) is 0 Å². The van der Waals surface area contributed by atoms with Crippen LogP contribution in [0.2, 0.25) is 0 Å². The molecule has 0 fully saturated rings. The Hall–Kier alpha value is 0.200. The van der Waals surface area contributed by atoms with Gasteiger partial charge in [0.05, 0.1) is 0 Å². The first-order valence-electron chi connectivity index (χ1n) is 2.85. The lowest BCUT2D eigenvalue weighted by atomic mass is 10.3. The molecule has 0 spiro atoms. The van der Waals surface area contributed by atoms with Crippen LogP contribution in [0, 0.1) is 0 Å². The van der Waals surface area contributed by atoms with E-state index >= 15 is 0 Å². The Balaban J connectivity index is 2.91. The van der Waals surface area contributed by atoms with Crippen LogP contribution in [0.1, 0.15) is 19.3 Å². The molecule has 2 nitrogen and oxygen atoms in total. The fraction of sp³-hybridized carbons (Fsp3) is 0.600. The summed E-state index contributed by atoms with van der Waals surface area (Å²) in [4.78, 5) is 0. The first-order valence-corrected chi connectivity index (χ1v) is 3.88. The molecule has 0 aromatic rings. The predicted octanol–water partition coefficient (Wildman–Crippen LogP) is 1.88. The van der Waals surface area contributed by atoms with Gasteiger partial charge in [-0.25, -0.2) is 0 Å². The minimum absolute atomic E-state index is 1.04. The summed E-state index contributed by atoms with van der Waals surface area (Å²) >= 11 is 0. The molecular weight excluding hydrogens is 150 g/mol. The Morgan fingerprint density at radius 2 is 1.44 bits per heavy atom. The SMILES string of the molecule is PN=CCCCC=NP. The van der Waals surface area contributed by atoms with Crippen LogP contribution in [-0.2, 0) is 0 Å². The largest absolute Gasteiger partial charge is 0.280 e. The molecule has 2 unspecified atom stereocenters. The van der Waals surface area contributed by atoms with E-state index in [0.29, 0.717) is 0 Å². The monoisotopic (exact) mass is 162 g/mol. The number of hydrogen-bond acceptors (Lipinski definition) is 2. The average molecular weight is 162 g/mol. The van der Waals surface area contributed by atoms with Crippen molar-refractivity contribution in [2.75, 3.05) is 0 Å². The van der Waals surface area contributed by atoms with Crippen LogP contribution in [0.4, 0.5) is 0 Å². The molecule has 0 aromatic heterocycles. The summed E-state index contributed by atoms with van der Waals surface area (Å²) in [6.07, 6.45) is 7.00. The molecule has 0 saturated heterocycles. The van der Waals surface area contributed by atoms with Gasteiger partial charge in [0.1, 0.15) is 0 Å². The van der Waals surface area contributed by atoms with E-state index in [1.165, 1.54) is 0 Å². The van der Waals surface area contributed by atoms with E-state index in [1.54, 1.807) is 0 Å². The van der Waals surface area contributed by atoms with Crippen LogP contribution in [-0.4, -0.2) is 12.4 Å². The highest BCUT2D eigenvalue weighted by Gasteiger charge is 1.78. The van der Waals surface area contributed by atoms with Gasteiger partial charge in [-0.3, -0.25) is 9.53 Å². The molecule has 9 heavy (non-hydrogen) atoms. The Morgan fingerprint density at radius 1 is 1.00 bits per heavy atom. The summed E-state index contributed by atoms with van der Waals surface area (Å²) in [7, 11) is 4.62. The maximum absolute atomic E-state index is 3.78. The normalized spacial score (nSPS) is 11.8. The van der Waals surface area contributed by atoms with Crippen LogP contribution in [0.15, 0.2) is 9.53 Å². The summed E-state index contributed by atoms with van der Waals surface area (Å²) in [5.41, 5.74) is 0. The average Bonchev–Trinajstić information content (AvgIpc) is 1.89. The number of hydrogen-bond donors (Lipinski definition) is 0. The third kappa shape index (κ3) is 8.20. The lowest BCUT2D eigenvalue weighted by Crippen LogP contribution is -1.76. The van der Waals surface area contributed by atoms with Crippen LogP contribution in [0.3, 0.4) is 0 Å². The van der Waals surface area contributed by atoms with E-state index in [4.69, 9.17) is 0 Å². The standard InChI is InChI=1S/C5H12N2P2/c8-6-4-2-1-3-5-7-9/h4-5H,1-3,8-9H2. The molecule has 0 amide bonds. The molecule has 0 N–H and O–H groups in total. The summed E-state index contributed by atoms with van der Waals surface area (Å²) in [6, 6.07) is 0. The molecule has 4 heteroatoms. The Bertz CT molecular complexity index is 89.1. The summed E-state index contributed by atoms with van der Waals surface area (Å²) in [6.45, 7) is 0. The van der Waals surface area contributed by atoms with E-state index < -0.39 is 0 Å². The maximum atomic E-state index is 3.78. The predicted molar refractivity (Wildman–Crippen MR) is 50.3 cm³/mol. The van der Waals surface area contributed by atoms with Crippen molar-refractivity contribution >= 4 is 31.2 Å². The second-order valence-corrected chi connectivity index (χ2v) is 2.19. The van der Waals surface area contributed by atoms with E-state index in [1.807, 2.05) is 12.4 Å². The van der Waals surface area contributed by atoms with Crippen LogP contribution in [0.5, 0.6) is 0 Å². The van der Waals surface area contributed by atoms with E-state index in [-0.39, 0.29) is 0 Å². The first-order chi connectivity index (χ1) is 4.41. The quantitative estimate of drug-likeness (QED) is 0.342. The molecule has 0 aliphatic heterocycles. The van der Waals surface area contributed by atoms with Gasteiger partial charge in [-0.15, -0.1) is 0 Å². The zero-order valence-electron chi connectivity index (χ0n) is 5.33. The zero-order chi connectivity index (χ0) is 6.95. The van der Waals surface area contributed by atoms with Gasteiger partial charge in [-0.1, -0.05) is 0 Å². The van der Waals surface area contributed by atoms with Gasteiger partial charge < -0.3 is 0 Å². The number of rotatable bonds is 4. The first kappa shape index (κ1) is 9.20.